The fraction of sp³-hybridized carbons (Fsp3) is 0.417. The maximum Gasteiger partial charge on any atom is 0.338 e. The van der Waals surface area contributed by atoms with Gasteiger partial charge < -0.3 is 4.74 Å². The number of fused-ring (bicyclic) bond motifs is 1. The minimum Gasteiger partial charge on any atom is -0.465 e. The van der Waals surface area contributed by atoms with E-state index in [0.29, 0.717) is 22.3 Å². The van der Waals surface area contributed by atoms with Crippen LogP contribution in [0.3, 0.4) is 0 Å². The molecule has 0 saturated carbocycles. The Morgan fingerprint density at radius 1 is 1.47 bits per heavy atom. The number of halogens is 2. The van der Waals surface area contributed by atoms with Gasteiger partial charge in [0, 0.05) is 5.69 Å². The van der Waals surface area contributed by atoms with E-state index in [1.165, 1.54) is 7.11 Å². The van der Waals surface area contributed by atoms with Crippen molar-refractivity contribution < 1.29 is 18.3 Å². The number of pyridine rings is 1. The van der Waals surface area contributed by atoms with Gasteiger partial charge in [0.15, 0.2) is 5.65 Å². The molecule has 0 aromatic carbocycles. The van der Waals surface area contributed by atoms with Crippen molar-refractivity contribution in [1.82, 2.24) is 14.8 Å². The van der Waals surface area contributed by atoms with Crippen LogP contribution in [0.4, 0.5) is 8.78 Å². The first-order valence-electron chi connectivity index (χ1n) is 5.65. The van der Waals surface area contributed by atoms with Gasteiger partial charge >= 0.3 is 5.97 Å². The van der Waals surface area contributed by atoms with Gasteiger partial charge in [0.1, 0.15) is 6.54 Å². The lowest BCUT2D eigenvalue weighted by atomic mass is 10.1. The van der Waals surface area contributed by atoms with Crippen molar-refractivity contribution >= 4 is 17.0 Å². The zero-order chi connectivity index (χ0) is 14.2. The highest BCUT2D eigenvalue weighted by Crippen LogP contribution is 2.23. The quantitative estimate of drug-likeness (QED) is 0.801. The Morgan fingerprint density at radius 3 is 2.74 bits per heavy atom. The molecular weight excluding hydrogens is 256 g/mol. The highest BCUT2D eigenvalue weighted by molar-refractivity contribution is 6.03. The fourth-order valence-corrected chi connectivity index (χ4v) is 2.01. The van der Waals surface area contributed by atoms with E-state index in [4.69, 9.17) is 4.74 Å². The topological polar surface area (TPSA) is 57.0 Å². The van der Waals surface area contributed by atoms with Gasteiger partial charge in [0.25, 0.3) is 6.43 Å². The molecule has 0 N–H and O–H groups in total. The second kappa shape index (κ2) is 4.91. The molecule has 0 saturated heterocycles. The summed E-state index contributed by atoms with van der Waals surface area (Å²) in [6, 6.07) is 1.57. The second-order valence-corrected chi connectivity index (χ2v) is 4.16. The third kappa shape index (κ3) is 2.40. The van der Waals surface area contributed by atoms with Crippen LogP contribution in [0.15, 0.2) is 6.07 Å². The van der Waals surface area contributed by atoms with Crippen molar-refractivity contribution in [3.05, 3.63) is 23.0 Å². The summed E-state index contributed by atoms with van der Waals surface area (Å²) in [5, 5.41) is 4.47. The van der Waals surface area contributed by atoms with Crippen molar-refractivity contribution in [3.8, 4) is 0 Å². The number of esters is 1. The Labute approximate surface area is 108 Å². The van der Waals surface area contributed by atoms with Gasteiger partial charge in [0.2, 0.25) is 0 Å². The van der Waals surface area contributed by atoms with E-state index in [1.54, 1.807) is 19.9 Å². The zero-order valence-electron chi connectivity index (χ0n) is 10.8. The van der Waals surface area contributed by atoms with Crippen LogP contribution in [0.1, 0.15) is 21.7 Å². The summed E-state index contributed by atoms with van der Waals surface area (Å²) in [5.74, 6) is -0.532. The third-order valence-corrected chi connectivity index (χ3v) is 2.72. The number of hydrogen-bond acceptors (Lipinski definition) is 4. The Morgan fingerprint density at radius 2 is 2.16 bits per heavy atom. The summed E-state index contributed by atoms with van der Waals surface area (Å²) in [6.07, 6.45) is -2.54. The molecule has 0 aliphatic heterocycles. The summed E-state index contributed by atoms with van der Waals surface area (Å²) in [6.45, 7) is 2.77. The molecule has 2 aromatic heterocycles. The Kier molecular flexibility index (Phi) is 3.46. The summed E-state index contributed by atoms with van der Waals surface area (Å²) in [7, 11) is 1.27. The molecule has 0 fully saturated rings. The van der Waals surface area contributed by atoms with Gasteiger partial charge in [-0.25, -0.2) is 23.2 Å². The Balaban J connectivity index is 2.72. The van der Waals surface area contributed by atoms with Crippen molar-refractivity contribution in [1.29, 1.82) is 0 Å². The lowest BCUT2D eigenvalue weighted by Gasteiger charge is -2.05. The molecule has 2 rings (SSSR count). The molecule has 0 atom stereocenters. The minimum absolute atomic E-state index is 0.276. The molecule has 0 radical (unpaired) electrons. The van der Waals surface area contributed by atoms with E-state index in [2.05, 4.69) is 10.1 Å². The molecule has 19 heavy (non-hydrogen) atoms. The number of carbonyl (C=O) groups is 1. The average Bonchev–Trinajstić information content (AvgIpc) is 2.63. The summed E-state index contributed by atoms with van der Waals surface area (Å²) in [5.41, 5.74) is 1.59. The smallest absolute Gasteiger partial charge is 0.338 e. The van der Waals surface area contributed by atoms with E-state index in [1.807, 2.05) is 0 Å². The summed E-state index contributed by atoms with van der Waals surface area (Å²) < 4.78 is 30.8. The molecule has 102 valence electrons. The molecule has 0 unspecified atom stereocenters. The van der Waals surface area contributed by atoms with E-state index >= 15 is 0 Å². The van der Waals surface area contributed by atoms with Crippen LogP contribution in [0, 0.1) is 13.8 Å². The van der Waals surface area contributed by atoms with Crippen molar-refractivity contribution in [2.45, 2.75) is 26.8 Å². The lowest BCUT2D eigenvalue weighted by Crippen LogP contribution is -2.09. The predicted octanol–water partition coefficient (Wildman–Crippen LogP) is 2.10. The van der Waals surface area contributed by atoms with Gasteiger partial charge in [-0.3, -0.25) is 0 Å². The second-order valence-electron chi connectivity index (χ2n) is 4.16. The number of carbonyl (C=O) groups excluding carboxylic acids is 1. The van der Waals surface area contributed by atoms with Gasteiger partial charge in [-0.1, -0.05) is 0 Å². The summed E-state index contributed by atoms with van der Waals surface area (Å²) >= 11 is 0. The van der Waals surface area contributed by atoms with Crippen LogP contribution in [0.2, 0.25) is 0 Å². The van der Waals surface area contributed by atoms with Crippen LogP contribution in [-0.4, -0.2) is 34.3 Å². The number of methoxy groups -OCH3 is 1. The van der Waals surface area contributed by atoms with Gasteiger partial charge in [0.05, 0.1) is 23.8 Å². The first-order chi connectivity index (χ1) is 8.93. The van der Waals surface area contributed by atoms with Crippen LogP contribution < -0.4 is 0 Å². The first-order valence-corrected chi connectivity index (χ1v) is 5.65. The van der Waals surface area contributed by atoms with Crippen molar-refractivity contribution in [2.75, 3.05) is 7.11 Å². The molecule has 0 bridgehead atoms. The number of alkyl halides is 2. The molecule has 2 aromatic rings. The molecule has 0 amide bonds. The van der Waals surface area contributed by atoms with Crippen LogP contribution in [0.5, 0.6) is 0 Å². The molecule has 0 aliphatic carbocycles. The van der Waals surface area contributed by atoms with Crippen molar-refractivity contribution in [3.63, 3.8) is 0 Å². The highest BCUT2D eigenvalue weighted by Gasteiger charge is 2.20. The van der Waals surface area contributed by atoms with E-state index in [-0.39, 0.29) is 5.65 Å². The molecule has 0 aliphatic rings. The van der Waals surface area contributed by atoms with E-state index < -0.39 is 18.9 Å². The molecule has 5 nitrogen and oxygen atoms in total. The van der Waals surface area contributed by atoms with Gasteiger partial charge in [-0.2, -0.15) is 5.10 Å². The van der Waals surface area contributed by atoms with E-state index in [9.17, 15) is 13.6 Å². The molecule has 7 heteroatoms. The molecular formula is C12H13F2N3O2. The fourth-order valence-electron chi connectivity index (χ4n) is 2.01. The third-order valence-electron chi connectivity index (χ3n) is 2.72. The Hall–Kier alpha value is -2.05. The maximum atomic E-state index is 12.5. The Bertz CT molecular complexity index is 637. The zero-order valence-corrected chi connectivity index (χ0v) is 10.8. The van der Waals surface area contributed by atoms with Crippen LogP contribution in [0.25, 0.3) is 11.0 Å². The van der Waals surface area contributed by atoms with Crippen molar-refractivity contribution in [2.24, 2.45) is 0 Å². The highest BCUT2D eigenvalue weighted by atomic mass is 19.3. The maximum absolute atomic E-state index is 12.5. The number of ether oxygens (including phenoxy) is 1. The van der Waals surface area contributed by atoms with Crippen LogP contribution >= 0.6 is 0 Å². The standard InChI is InChI=1S/C12H13F2N3O2/c1-6-4-8(12(18)19-3)10-7(2)16-17(5-9(13)14)11(10)15-6/h4,9H,5H2,1-3H3. The van der Waals surface area contributed by atoms with Crippen LogP contribution in [-0.2, 0) is 11.3 Å². The van der Waals surface area contributed by atoms with E-state index in [0.717, 1.165) is 4.68 Å². The first kappa shape index (κ1) is 13.4. The van der Waals surface area contributed by atoms with Gasteiger partial charge in [-0.05, 0) is 19.9 Å². The number of nitrogens with zero attached hydrogens (tertiary/aromatic N) is 3. The SMILES string of the molecule is COC(=O)c1cc(C)nc2c1c(C)nn2CC(F)F. The van der Waals surface area contributed by atoms with Gasteiger partial charge in [-0.15, -0.1) is 0 Å². The monoisotopic (exact) mass is 269 g/mol. The lowest BCUT2D eigenvalue weighted by molar-refractivity contribution is 0.0602. The molecule has 2 heterocycles. The summed E-state index contributed by atoms with van der Waals surface area (Å²) in [4.78, 5) is 15.9. The minimum atomic E-state index is -2.54. The number of aromatic nitrogens is 3. The number of rotatable bonds is 3. The molecule has 0 spiro atoms. The normalized spacial score (nSPS) is 11.3. The number of hydrogen-bond donors (Lipinski definition) is 0. The number of aryl methyl sites for hydroxylation is 2. The largest absolute Gasteiger partial charge is 0.465 e. The average molecular weight is 269 g/mol. The predicted molar refractivity (Wildman–Crippen MR) is 64.3 cm³/mol.